The minimum absolute atomic E-state index is 0.0370. The summed E-state index contributed by atoms with van der Waals surface area (Å²) in [7, 11) is 0. The number of nitrogens with two attached hydrogens (primary N) is 1. The summed E-state index contributed by atoms with van der Waals surface area (Å²) in [6, 6.07) is 11.3. The summed E-state index contributed by atoms with van der Waals surface area (Å²) in [6.07, 6.45) is 1.44. The van der Waals surface area contributed by atoms with Crippen molar-refractivity contribution in [3.63, 3.8) is 0 Å². The Kier molecular flexibility index (Phi) is 6.95. The van der Waals surface area contributed by atoms with Gasteiger partial charge in [-0.3, -0.25) is 4.79 Å². The van der Waals surface area contributed by atoms with Gasteiger partial charge < -0.3 is 15.2 Å². The molecule has 0 fully saturated rings. The molecule has 2 heterocycles. The molecule has 2 aromatic carbocycles. The highest BCUT2D eigenvalue weighted by Crippen LogP contribution is 2.29. The highest BCUT2D eigenvalue weighted by Gasteiger charge is 2.22. The fourth-order valence-corrected chi connectivity index (χ4v) is 3.10. The van der Waals surface area contributed by atoms with Gasteiger partial charge in [0, 0.05) is 0 Å². The van der Waals surface area contributed by atoms with Crippen LogP contribution in [0.3, 0.4) is 0 Å². The number of amides is 1. The molecule has 3 N–H and O–H groups in total. The number of anilines is 1. The monoisotopic (exact) mass is 480 g/mol. The molecule has 0 aliphatic carbocycles. The van der Waals surface area contributed by atoms with Crippen LogP contribution in [-0.2, 0) is 6.61 Å². The minimum atomic E-state index is -0.591. The topological polar surface area (TPSA) is 156 Å². The Morgan fingerprint density at radius 3 is 2.83 bits per heavy atom. The predicted octanol–water partition coefficient (Wildman–Crippen LogP) is 2.42. The van der Waals surface area contributed by atoms with Gasteiger partial charge in [0.1, 0.15) is 12.4 Å². The average Bonchev–Trinajstić information content (AvgIpc) is 3.43. The molecule has 0 saturated heterocycles. The lowest BCUT2D eigenvalue weighted by atomic mass is 10.2. The van der Waals surface area contributed by atoms with Crippen LogP contribution >= 0.6 is 0 Å². The van der Waals surface area contributed by atoms with E-state index in [1.54, 1.807) is 37.3 Å². The lowest BCUT2D eigenvalue weighted by molar-refractivity contribution is 0.0946. The number of nitrogen functional groups attached to an aromatic ring is 1. The first kappa shape index (κ1) is 23.4. The smallest absolute Gasteiger partial charge is 0.292 e. The maximum Gasteiger partial charge on any atom is 0.292 e. The number of nitrogens with zero attached hydrogens (tertiary/aromatic N) is 6. The third-order valence-electron chi connectivity index (χ3n) is 4.68. The lowest BCUT2D eigenvalue weighted by Gasteiger charge is -2.12. The molecule has 1 amide bonds. The zero-order valence-corrected chi connectivity index (χ0v) is 18.8. The van der Waals surface area contributed by atoms with Gasteiger partial charge in [-0.25, -0.2) is 14.4 Å². The van der Waals surface area contributed by atoms with Crippen LogP contribution in [0.15, 0.2) is 52.2 Å². The molecule has 2 aromatic heterocycles. The zero-order chi connectivity index (χ0) is 24.8. The third kappa shape index (κ3) is 5.40. The first-order valence-electron chi connectivity index (χ1n) is 10.4. The van der Waals surface area contributed by atoms with E-state index in [0.29, 0.717) is 34.9 Å². The molecule has 0 atom stereocenters. The number of carbonyl (C=O) groups excluding carboxylic acids is 1. The molecule has 13 heteroatoms. The standard InChI is InChI=1S/C22H21FN8O4/c1-3-33-18-10-14(7-8-17(18)34-12-15-5-4-6-16(23)9-15)11-25-27-22(32)19-13(2)26-30-31(19)21-20(24)28-35-29-21/h4-11H,3,12H2,1-2H3,(H2,24,28)(H,27,32)/b25-11+. The number of aromatic nitrogens is 5. The number of hydrogen-bond donors (Lipinski definition) is 2. The molecular weight excluding hydrogens is 459 g/mol. The number of hydrazone groups is 1. The number of benzene rings is 2. The number of nitrogens with one attached hydrogen (secondary N) is 1. The van der Waals surface area contributed by atoms with Gasteiger partial charge in [-0.15, -0.1) is 5.10 Å². The molecule has 35 heavy (non-hydrogen) atoms. The van der Waals surface area contributed by atoms with E-state index in [0.717, 1.165) is 4.68 Å². The predicted molar refractivity (Wildman–Crippen MR) is 122 cm³/mol. The molecule has 0 unspecified atom stereocenters. The molecule has 0 aliphatic rings. The molecule has 4 aromatic rings. The fourth-order valence-electron chi connectivity index (χ4n) is 3.10. The highest BCUT2D eigenvalue weighted by atomic mass is 19.1. The van der Waals surface area contributed by atoms with Gasteiger partial charge in [0.15, 0.2) is 17.2 Å². The van der Waals surface area contributed by atoms with Gasteiger partial charge in [0.25, 0.3) is 5.91 Å². The normalized spacial score (nSPS) is 11.1. The molecule has 0 saturated carbocycles. The van der Waals surface area contributed by atoms with Crippen molar-refractivity contribution in [3.05, 3.63) is 70.8 Å². The summed E-state index contributed by atoms with van der Waals surface area (Å²) in [5, 5.41) is 18.8. The second-order valence-electron chi connectivity index (χ2n) is 7.17. The van der Waals surface area contributed by atoms with Crippen LogP contribution in [0.2, 0.25) is 0 Å². The van der Waals surface area contributed by atoms with Crippen LogP contribution in [0.25, 0.3) is 5.82 Å². The summed E-state index contributed by atoms with van der Waals surface area (Å²) >= 11 is 0. The van der Waals surface area contributed by atoms with Crippen molar-refractivity contribution >= 4 is 17.9 Å². The van der Waals surface area contributed by atoms with E-state index in [1.165, 1.54) is 18.3 Å². The Morgan fingerprint density at radius 2 is 2.09 bits per heavy atom. The Morgan fingerprint density at radius 1 is 1.23 bits per heavy atom. The summed E-state index contributed by atoms with van der Waals surface area (Å²) in [4.78, 5) is 12.7. The van der Waals surface area contributed by atoms with E-state index in [4.69, 9.17) is 15.2 Å². The first-order chi connectivity index (χ1) is 17.0. The van der Waals surface area contributed by atoms with Crippen molar-refractivity contribution in [2.45, 2.75) is 20.5 Å². The number of carbonyl (C=O) groups is 1. The molecular formula is C22H21FN8O4. The van der Waals surface area contributed by atoms with E-state index in [-0.39, 0.29) is 29.8 Å². The number of ether oxygens (including phenoxy) is 2. The Balaban J connectivity index is 1.46. The Hall–Kier alpha value is -4.81. The number of hydrogen-bond acceptors (Lipinski definition) is 10. The van der Waals surface area contributed by atoms with E-state index >= 15 is 0 Å². The van der Waals surface area contributed by atoms with Crippen molar-refractivity contribution in [2.24, 2.45) is 5.10 Å². The van der Waals surface area contributed by atoms with Gasteiger partial charge >= 0.3 is 0 Å². The van der Waals surface area contributed by atoms with Crippen LogP contribution in [0.4, 0.5) is 10.2 Å². The summed E-state index contributed by atoms with van der Waals surface area (Å²) in [5.41, 5.74) is 9.83. The lowest BCUT2D eigenvalue weighted by Crippen LogP contribution is -2.22. The molecule has 0 aliphatic heterocycles. The minimum Gasteiger partial charge on any atom is -0.490 e. The molecule has 12 nitrogen and oxygen atoms in total. The van der Waals surface area contributed by atoms with Crippen LogP contribution in [0.5, 0.6) is 11.5 Å². The van der Waals surface area contributed by atoms with Gasteiger partial charge in [-0.2, -0.15) is 9.78 Å². The maximum absolute atomic E-state index is 13.4. The van der Waals surface area contributed by atoms with Gasteiger partial charge in [-0.05, 0) is 65.6 Å². The molecule has 0 radical (unpaired) electrons. The largest absolute Gasteiger partial charge is 0.490 e. The number of aryl methyl sites for hydroxylation is 1. The van der Waals surface area contributed by atoms with Crippen LogP contribution < -0.4 is 20.6 Å². The number of halogens is 1. The van der Waals surface area contributed by atoms with Crippen molar-refractivity contribution < 1.29 is 23.3 Å². The van der Waals surface area contributed by atoms with Crippen LogP contribution in [-0.4, -0.2) is 44.0 Å². The van der Waals surface area contributed by atoms with E-state index in [2.05, 4.69) is 35.8 Å². The second-order valence-corrected chi connectivity index (χ2v) is 7.17. The second kappa shape index (κ2) is 10.4. The summed E-state index contributed by atoms with van der Waals surface area (Å²) in [5.74, 6) is 0.0321. The van der Waals surface area contributed by atoms with Crippen LogP contribution in [0.1, 0.15) is 34.2 Å². The van der Waals surface area contributed by atoms with Crippen molar-refractivity contribution in [1.29, 1.82) is 0 Å². The van der Waals surface area contributed by atoms with Gasteiger partial charge in [0.05, 0.1) is 18.5 Å². The molecule has 4 rings (SSSR count). The first-order valence-corrected chi connectivity index (χ1v) is 10.4. The van der Waals surface area contributed by atoms with Gasteiger partial charge in [0.2, 0.25) is 11.6 Å². The van der Waals surface area contributed by atoms with Crippen molar-refractivity contribution in [2.75, 3.05) is 12.3 Å². The zero-order valence-electron chi connectivity index (χ0n) is 18.8. The molecule has 0 spiro atoms. The van der Waals surface area contributed by atoms with Crippen molar-refractivity contribution in [1.82, 2.24) is 30.7 Å². The maximum atomic E-state index is 13.4. The third-order valence-corrected chi connectivity index (χ3v) is 4.68. The Labute approximate surface area is 198 Å². The summed E-state index contributed by atoms with van der Waals surface area (Å²) in [6.45, 7) is 4.02. The van der Waals surface area contributed by atoms with E-state index in [9.17, 15) is 9.18 Å². The van der Waals surface area contributed by atoms with Gasteiger partial charge in [-0.1, -0.05) is 17.3 Å². The molecule has 0 bridgehead atoms. The van der Waals surface area contributed by atoms with E-state index in [1.807, 2.05) is 6.92 Å². The quantitative estimate of drug-likeness (QED) is 0.271. The van der Waals surface area contributed by atoms with E-state index < -0.39 is 5.91 Å². The summed E-state index contributed by atoms with van der Waals surface area (Å²) < 4.78 is 30.5. The Bertz CT molecular complexity index is 1370. The SMILES string of the molecule is CCOc1cc(/C=N/NC(=O)c2c(C)nnn2-c2nonc2N)ccc1OCc1cccc(F)c1. The number of rotatable bonds is 9. The average molecular weight is 480 g/mol. The van der Waals surface area contributed by atoms with Crippen molar-refractivity contribution in [3.8, 4) is 17.3 Å². The fraction of sp³-hybridized carbons (Fsp3) is 0.182. The molecule has 180 valence electrons. The highest BCUT2D eigenvalue weighted by molar-refractivity contribution is 5.94. The van der Waals surface area contributed by atoms with Crippen LogP contribution in [0, 0.1) is 12.7 Å².